The van der Waals surface area contributed by atoms with Crippen LogP contribution in [0.5, 0.6) is 0 Å². The zero-order chi connectivity index (χ0) is 16.0. The molecule has 1 atom stereocenters. The number of hydrogen-bond acceptors (Lipinski definition) is 2. The molecule has 2 N–H and O–H groups in total. The van der Waals surface area contributed by atoms with Gasteiger partial charge in [-0.25, -0.2) is 0 Å². The second kappa shape index (κ2) is 7.10. The maximum absolute atomic E-state index is 12.8. The molecule has 0 aliphatic carbocycles. The largest absolute Gasteiger partial charge is 0.416 e. The third kappa shape index (κ3) is 5.85. The van der Waals surface area contributed by atoms with Crippen LogP contribution in [0.15, 0.2) is 24.3 Å². The molecule has 116 valence electrons. The second-order valence-electron chi connectivity index (χ2n) is 4.74. The summed E-state index contributed by atoms with van der Waals surface area (Å²) >= 11 is 0. The van der Waals surface area contributed by atoms with Gasteiger partial charge in [-0.3, -0.25) is 9.59 Å². The lowest BCUT2D eigenvalue weighted by Crippen LogP contribution is -2.41. The molecule has 0 aliphatic rings. The van der Waals surface area contributed by atoms with Crippen molar-refractivity contribution in [1.29, 1.82) is 0 Å². The predicted octanol–water partition coefficient (Wildman–Crippen LogP) is 1.89. The zero-order valence-electron chi connectivity index (χ0n) is 11.8. The summed E-state index contributed by atoms with van der Waals surface area (Å²) < 4.78 is 38.5. The fraction of sp³-hybridized carbons (Fsp3) is 0.429. The summed E-state index contributed by atoms with van der Waals surface area (Å²) in [6.07, 6.45) is -4.36. The quantitative estimate of drug-likeness (QED) is 0.872. The lowest BCUT2D eigenvalue weighted by Gasteiger charge is -2.17. The van der Waals surface area contributed by atoms with Crippen molar-refractivity contribution >= 4 is 11.8 Å². The number of benzene rings is 1. The fourth-order valence-corrected chi connectivity index (χ4v) is 1.89. The lowest BCUT2D eigenvalue weighted by molar-refractivity contribution is -0.138. The minimum atomic E-state index is -4.42. The SMILES string of the molecule is CC(=O)NCC(=O)NC(C)Cc1ccccc1C(F)(F)F. The molecule has 2 amide bonds. The first kappa shape index (κ1) is 17.0. The van der Waals surface area contributed by atoms with E-state index in [1.165, 1.54) is 25.1 Å². The number of rotatable bonds is 5. The summed E-state index contributed by atoms with van der Waals surface area (Å²) in [7, 11) is 0. The van der Waals surface area contributed by atoms with E-state index < -0.39 is 23.7 Å². The van der Waals surface area contributed by atoms with E-state index in [2.05, 4.69) is 10.6 Å². The Balaban J connectivity index is 2.65. The molecule has 0 heterocycles. The zero-order valence-corrected chi connectivity index (χ0v) is 11.8. The Kier molecular flexibility index (Phi) is 5.75. The van der Waals surface area contributed by atoms with Crippen molar-refractivity contribution in [3.63, 3.8) is 0 Å². The van der Waals surface area contributed by atoms with E-state index in [1.807, 2.05) is 0 Å². The van der Waals surface area contributed by atoms with E-state index >= 15 is 0 Å². The van der Waals surface area contributed by atoms with E-state index in [0.717, 1.165) is 6.07 Å². The summed E-state index contributed by atoms with van der Waals surface area (Å²) in [5.74, 6) is -0.789. The average Bonchev–Trinajstić information content (AvgIpc) is 2.35. The van der Waals surface area contributed by atoms with Crippen LogP contribution in [0.1, 0.15) is 25.0 Å². The van der Waals surface area contributed by atoms with Crippen molar-refractivity contribution in [3.05, 3.63) is 35.4 Å². The molecule has 0 bridgehead atoms. The summed E-state index contributed by atoms with van der Waals surface area (Å²) in [5.41, 5.74) is -0.578. The highest BCUT2D eigenvalue weighted by Crippen LogP contribution is 2.32. The van der Waals surface area contributed by atoms with Crippen LogP contribution in [0.3, 0.4) is 0 Å². The van der Waals surface area contributed by atoms with Crippen molar-refractivity contribution in [3.8, 4) is 0 Å². The third-order valence-electron chi connectivity index (χ3n) is 2.75. The van der Waals surface area contributed by atoms with E-state index in [0.29, 0.717) is 0 Å². The molecular formula is C14H17F3N2O2. The molecule has 0 saturated carbocycles. The minimum Gasteiger partial charge on any atom is -0.352 e. The van der Waals surface area contributed by atoms with Crippen molar-refractivity contribution in [2.75, 3.05) is 6.54 Å². The van der Waals surface area contributed by atoms with Crippen LogP contribution in [-0.4, -0.2) is 24.4 Å². The smallest absolute Gasteiger partial charge is 0.352 e. The van der Waals surface area contributed by atoms with E-state index in [1.54, 1.807) is 6.92 Å². The average molecular weight is 302 g/mol. The standard InChI is InChI=1S/C14H17F3N2O2/c1-9(19-13(21)8-18-10(2)20)7-11-5-3-4-6-12(11)14(15,16)17/h3-6,9H,7-8H2,1-2H3,(H,18,20)(H,19,21). The molecule has 1 rings (SSSR count). The first-order chi connectivity index (χ1) is 9.70. The Hall–Kier alpha value is -2.05. The normalized spacial score (nSPS) is 12.6. The third-order valence-corrected chi connectivity index (χ3v) is 2.75. The molecule has 1 aromatic rings. The van der Waals surface area contributed by atoms with Gasteiger partial charge in [0.15, 0.2) is 0 Å². The summed E-state index contributed by atoms with van der Waals surface area (Å²) in [6, 6.07) is 4.78. The maximum atomic E-state index is 12.8. The van der Waals surface area contributed by atoms with Gasteiger partial charge in [-0.2, -0.15) is 13.2 Å². The van der Waals surface area contributed by atoms with Gasteiger partial charge in [-0.05, 0) is 25.0 Å². The summed E-state index contributed by atoms with van der Waals surface area (Å²) in [5, 5.41) is 4.86. The van der Waals surface area contributed by atoms with Crippen LogP contribution >= 0.6 is 0 Å². The monoisotopic (exact) mass is 302 g/mol. The molecule has 7 heteroatoms. The number of alkyl halides is 3. The molecule has 0 aliphatic heterocycles. The van der Waals surface area contributed by atoms with Gasteiger partial charge >= 0.3 is 6.18 Å². The molecule has 1 unspecified atom stereocenters. The van der Waals surface area contributed by atoms with Crippen molar-refractivity contribution in [2.45, 2.75) is 32.5 Å². The molecule has 0 saturated heterocycles. The minimum absolute atomic E-state index is 0.0570. The molecule has 0 radical (unpaired) electrons. The lowest BCUT2D eigenvalue weighted by atomic mass is 10.0. The van der Waals surface area contributed by atoms with E-state index in [-0.39, 0.29) is 24.4 Å². The van der Waals surface area contributed by atoms with Gasteiger partial charge in [0.25, 0.3) is 0 Å². The van der Waals surface area contributed by atoms with Gasteiger partial charge < -0.3 is 10.6 Å². The van der Waals surface area contributed by atoms with Crippen molar-refractivity contribution in [1.82, 2.24) is 10.6 Å². The highest BCUT2D eigenvalue weighted by molar-refractivity contribution is 5.83. The molecular weight excluding hydrogens is 285 g/mol. The number of nitrogens with one attached hydrogen (secondary N) is 2. The Morgan fingerprint density at radius 2 is 1.86 bits per heavy atom. The van der Waals surface area contributed by atoms with Gasteiger partial charge in [0.05, 0.1) is 12.1 Å². The van der Waals surface area contributed by atoms with Crippen LogP contribution in [0, 0.1) is 0 Å². The number of halogens is 3. The van der Waals surface area contributed by atoms with Gasteiger partial charge in [0.1, 0.15) is 0 Å². The summed E-state index contributed by atoms with van der Waals surface area (Å²) in [6.45, 7) is 2.69. The first-order valence-electron chi connectivity index (χ1n) is 6.39. The summed E-state index contributed by atoms with van der Waals surface area (Å²) in [4.78, 5) is 22.1. The Morgan fingerprint density at radius 3 is 2.43 bits per heavy atom. The number of carbonyl (C=O) groups is 2. The number of carbonyl (C=O) groups excluding carboxylic acids is 2. The van der Waals surface area contributed by atoms with Crippen LogP contribution in [0.25, 0.3) is 0 Å². The van der Waals surface area contributed by atoms with Crippen LogP contribution in [0.4, 0.5) is 13.2 Å². The van der Waals surface area contributed by atoms with E-state index in [4.69, 9.17) is 0 Å². The van der Waals surface area contributed by atoms with Gasteiger partial charge in [-0.15, -0.1) is 0 Å². The fourth-order valence-electron chi connectivity index (χ4n) is 1.89. The highest BCUT2D eigenvalue weighted by Gasteiger charge is 2.33. The topological polar surface area (TPSA) is 58.2 Å². The van der Waals surface area contributed by atoms with Gasteiger partial charge in [0.2, 0.25) is 11.8 Å². The molecule has 4 nitrogen and oxygen atoms in total. The molecule has 0 spiro atoms. The second-order valence-corrected chi connectivity index (χ2v) is 4.74. The predicted molar refractivity (Wildman–Crippen MR) is 71.4 cm³/mol. The van der Waals surface area contributed by atoms with E-state index in [9.17, 15) is 22.8 Å². The van der Waals surface area contributed by atoms with Gasteiger partial charge in [0, 0.05) is 13.0 Å². The number of hydrogen-bond donors (Lipinski definition) is 2. The van der Waals surface area contributed by atoms with Crippen LogP contribution < -0.4 is 10.6 Å². The van der Waals surface area contributed by atoms with Crippen molar-refractivity contribution < 1.29 is 22.8 Å². The highest BCUT2D eigenvalue weighted by atomic mass is 19.4. The van der Waals surface area contributed by atoms with Gasteiger partial charge in [-0.1, -0.05) is 18.2 Å². The maximum Gasteiger partial charge on any atom is 0.416 e. The van der Waals surface area contributed by atoms with Crippen molar-refractivity contribution in [2.24, 2.45) is 0 Å². The Bertz CT molecular complexity index is 515. The van der Waals surface area contributed by atoms with Crippen LogP contribution in [-0.2, 0) is 22.2 Å². The molecule has 0 fully saturated rings. The molecule has 1 aromatic carbocycles. The molecule has 0 aromatic heterocycles. The Morgan fingerprint density at radius 1 is 1.24 bits per heavy atom. The molecule has 21 heavy (non-hydrogen) atoms. The van der Waals surface area contributed by atoms with Crippen LogP contribution in [0.2, 0.25) is 0 Å². The first-order valence-corrected chi connectivity index (χ1v) is 6.39. The Labute approximate surface area is 120 Å². The number of amides is 2.